The van der Waals surface area contributed by atoms with E-state index in [1.165, 1.54) is 4.31 Å². The minimum atomic E-state index is -3.81. The van der Waals surface area contributed by atoms with Crippen molar-refractivity contribution in [2.24, 2.45) is 5.92 Å². The van der Waals surface area contributed by atoms with Crippen molar-refractivity contribution >= 4 is 39.1 Å². The molecule has 176 valence electrons. The molecule has 0 radical (unpaired) electrons. The van der Waals surface area contributed by atoms with E-state index in [9.17, 15) is 18.0 Å². The molecule has 4 rings (SSSR count). The maximum atomic E-state index is 13.4. The highest BCUT2D eigenvalue weighted by Gasteiger charge is 2.43. The Balaban J connectivity index is 1.50. The molecule has 0 unspecified atom stereocenters. The summed E-state index contributed by atoms with van der Waals surface area (Å²) in [6, 6.07) is 12.1. The van der Waals surface area contributed by atoms with Gasteiger partial charge in [-0.3, -0.25) is 9.59 Å². The van der Waals surface area contributed by atoms with Gasteiger partial charge in [-0.25, -0.2) is 8.42 Å². The van der Waals surface area contributed by atoms with Crippen molar-refractivity contribution in [1.29, 1.82) is 0 Å². The lowest BCUT2D eigenvalue weighted by Crippen LogP contribution is -2.45. The van der Waals surface area contributed by atoms with E-state index in [1.807, 2.05) is 18.2 Å². The van der Waals surface area contributed by atoms with Crippen LogP contribution in [0.1, 0.15) is 37.8 Å². The normalized spacial score (nSPS) is 20.5. The first kappa shape index (κ1) is 23.7. The average molecular weight is 490 g/mol. The van der Waals surface area contributed by atoms with E-state index in [-0.39, 0.29) is 23.3 Å². The Morgan fingerprint density at radius 3 is 2.67 bits per heavy atom. The largest absolute Gasteiger partial charge is 0.352 e. The first-order chi connectivity index (χ1) is 15.5. The van der Waals surface area contributed by atoms with E-state index in [1.54, 1.807) is 50.1 Å². The molecule has 2 heterocycles. The fourth-order valence-electron chi connectivity index (χ4n) is 4.60. The second-order valence-electron chi connectivity index (χ2n) is 9.18. The Bertz CT molecular complexity index is 1210. The van der Waals surface area contributed by atoms with Gasteiger partial charge in [-0.05, 0) is 62.1 Å². The van der Waals surface area contributed by atoms with Crippen LogP contribution in [0.3, 0.4) is 0 Å². The SMILES string of the molecule is CN1C(=O)C(C)(C)c2cc(S(=O)(=O)N3CCC[C@@H](C(=O)NCc4ccccc4Cl)C3)ccc21. The van der Waals surface area contributed by atoms with Crippen LogP contribution in [0.25, 0.3) is 0 Å². The number of hydrogen-bond donors (Lipinski definition) is 1. The Morgan fingerprint density at radius 2 is 1.94 bits per heavy atom. The summed E-state index contributed by atoms with van der Waals surface area (Å²) in [4.78, 5) is 27.1. The number of carbonyl (C=O) groups is 2. The Labute approximate surface area is 199 Å². The number of piperidine rings is 1. The first-order valence-corrected chi connectivity index (χ1v) is 12.8. The van der Waals surface area contributed by atoms with Crippen molar-refractivity contribution in [3.63, 3.8) is 0 Å². The van der Waals surface area contributed by atoms with Crippen LogP contribution >= 0.6 is 11.6 Å². The number of rotatable bonds is 5. The van der Waals surface area contributed by atoms with Gasteiger partial charge < -0.3 is 10.2 Å². The molecule has 1 saturated heterocycles. The van der Waals surface area contributed by atoms with Gasteiger partial charge in [0.25, 0.3) is 0 Å². The van der Waals surface area contributed by atoms with E-state index in [4.69, 9.17) is 11.6 Å². The van der Waals surface area contributed by atoms with Gasteiger partial charge in [-0.15, -0.1) is 0 Å². The first-order valence-electron chi connectivity index (χ1n) is 11.0. The van der Waals surface area contributed by atoms with Crippen LogP contribution < -0.4 is 10.2 Å². The smallest absolute Gasteiger partial charge is 0.243 e. The van der Waals surface area contributed by atoms with Crippen molar-refractivity contribution in [2.45, 2.75) is 43.5 Å². The predicted octanol–water partition coefficient (Wildman–Crippen LogP) is 3.31. The highest BCUT2D eigenvalue weighted by molar-refractivity contribution is 7.89. The summed E-state index contributed by atoms with van der Waals surface area (Å²) in [6.45, 7) is 4.37. The standard InChI is InChI=1S/C24H28ClN3O4S/c1-24(2)19-13-18(10-11-21(19)27(3)23(24)30)33(31,32)28-12-6-8-17(15-28)22(29)26-14-16-7-4-5-9-20(16)25/h4-5,7,9-11,13,17H,6,8,12,14-15H2,1-3H3,(H,26,29)/t17-/m1/s1. The monoisotopic (exact) mass is 489 g/mol. The van der Waals surface area contributed by atoms with Gasteiger partial charge in [0.1, 0.15) is 0 Å². The summed E-state index contributed by atoms with van der Waals surface area (Å²) < 4.78 is 28.2. The maximum absolute atomic E-state index is 13.4. The van der Waals surface area contributed by atoms with Crippen molar-refractivity contribution in [1.82, 2.24) is 9.62 Å². The summed E-state index contributed by atoms with van der Waals surface area (Å²) in [5.41, 5.74) is 1.44. The van der Waals surface area contributed by atoms with Crippen LogP contribution in [-0.4, -0.2) is 44.7 Å². The second-order valence-corrected chi connectivity index (χ2v) is 11.5. The number of likely N-dealkylation sites (N-methyl/N-ethyl adjacent to an activating group) is 1. The molecule has 0 aliphatic carbocycles. The fraction of sp³-hybridized carbons (Fsp3) is 0.417. The number of hydrogen-bond acceptors (Lipinski definition) is 4. The van der Waals surface area contributed by atoms with Crippen molar-refractivity contribution in [3.8, 4) is 0 Å². The summed E-state index contributed by atoms with van der Waals surface area (Å²) >= 11 is 6.16. The summed E-state index contributed by atoms with van der Waals surface area (Å²) in [5, 5.41) is 3.47. The van der Waals surface area contributed by atoms with Gasteiger partial charge in [0.2, 0.25) is 21.8 Å². The van der Waals surface area contributed by atoms with E-state index in [0.29, 0.717) is 36.5 Å². The van der Waals surface area contributed by atoms with Crippen LogP contribution in [0.5, 0.6) is 0 Å². The number of sulfonamides is 1. The highest BCUT2D eigenvalue weighted by Crippen LogP contribution is 2.42. The minimum Gasteiger partial charge on any atom is -0.352 e. The minimum absolute atomic E-state index is 0.0692. The molecule has 9 heteroatoms. The van der Waals surface area contributed by atoms with E-state index in [0.717, 1.165) is 11.3 Å². The van der Waals surface area contributed by atoms with Gasteiger partial charge in [0.05, 0.1) is 16.2 Å². The zero-order valence-electron chi connectivity index (χ0n) is 19.0. The lowest BCUT2D eigenvalue weighted by atomic mass is 9.86. The molecule has 33 heavy (non-hydrogen) atoms. The molecule has 1 atom stereocenters. The third kappa shape index (κ3) is 4.27. The zero-order chi connectivity index (χ0) is 24.0. The topological polar surface area (TPSA) is 86.8 Å². The number of anilines is 1. The molecular formula is C24H28ClN3O4S. The average Bonchev–Trinajstić information content (AvgIpc) is 2.98. The molecule has 0 saturated carbocycles. The van der Waals surface area contributed by atoms with Crippen molar-refractivity contribution in [2.75, 3.05) is 25.0 Å². The maximum Gasteiger partial charge on any atom is 0.243 e. The summed E-state index contributed by atoms with van der Waals surface area (Å²) in [7, 11) is -2.11. The number of fused-ring (bicyclic) bond motifs is 1. The number of amides is 2. The van der Waals surface area contributed by atoms with Gasteiger partial charge in [0.15, 0.2) is 0 Å². The molecule has 7 nitrogen and oxygen atoms in total. The lowest BCUT2D eigenvalue weighted by molar-refractivity contribution is -0.126. The van der Waals surface area contributed by atoms with E-state index < -0.39 is 21.4 Å². The molecule has 0 spiro atoms. The van der Waals surface area contributed by atoms with E-state index >= 15 is 0 Å². The second kappa shape index (κ2) is 8.74. The molecule has 1 fully saturated rings. The quantitative estimate of drug-likeness (QED) is 0.698. The van der Waals surface area contributed by atoms with Gasteiger partial charge in [0, 0.05) is 37.4 Å². The molecule has 0 aromatic heterocycles. The molecule has 2 aromatic rings. The number of benzene rings is 2. The van der Waals surface area contributed by atoms with Crippen LogP contribution in [-0.2, 0) is 31.6 Å². The molecule has 2 aliphatic rings. The molecule has 0 bridgehead atoms. The molecule has 1 N–H and O–H groups in total. The summed E-state index contributed by atoms with van der Waals surface area (Å²) in [5.74, 6) is -0.688. The Morgan fingerprint density at radius 1 is 1.21 bits per heavy atom. The van der Waals surface area contributed by atoms with Crippen LogP contribution in [0.4, 0.5) is 5.69 Å². The number of carbonyl (C=O) groups excluding carboxylic acids is 2. The highest BCUT2D eigenvalue weighted by atomic mass is 35.5. The predicted molar refractivity (Wildman–Crippen MR) is 128 cm³/mol. The number of nitrogens with one attached hydrogen (secondary N) is 1. The van der Waals surface area contributed by atoms with Gasteiger partial charge in [-0.2, -0.15) is 4.31 Å². The van der Waals surface area contributed by atoms with Crippen LogP contribution in [0.15, 0.2) is 47.4 Å². The van der Waals surface area contributed by atoms with Crippen LogP contribution in [0.2, 0.25) is 5.02 Å². The lowest BCUT2D eigenvalue weighted by Gasteiger charge is -2.31. The van der Waals surface area contributed by atoms with Crippen LogP contribution in [0, 0.1) is 5.92 Å². The van der Waals surface area contributed by atoms with Crippen molar-refractivity contribution < 1.29 is 18.0 Å². The molecular weight excluding hydrogens is 462 g/mol. The van der Waals surface area contributed by atoms with Crippen molar-refractivity contribution in [3.05, 3.63) is 58.6 Å². The van der Waals surface area contributed by atoms with Gasteiger partial charge >= 0.3 is 0 Å². The molecule has 2 aromatic carbocycles. The van der Waals surface area contributed by atoms with Gasteiger partial charge in [-0.1, -0.05) is 29.8 Å². The molecule has 2 aliphatic heterocycles. The third-order valence-corrected chi connectivity index (χ3v) is 8.88. The summed E-state index contributed by atoms with van der Waals surface area (Å²) in [6.07, 6.45) is 1.22. The Kier molecular flexibility index (Phi) is 6.28. The number of halogens is 1. The molecule has 2 amide bonds. The Hall–Kier alpha value is -2.42. The zero-order valence-corrected chi connectivity index (χ0v) is 20.5. The fourth-order valence-corrected chi connectivity index (χ4v) is 6.36. The van der Waals surface area contributed by atoms with E-state index in [2.05, 4.69) is 5.32 Å². The number of nitrogens with zero attached hydrogens (tertiary/aromatic N) is 2. The third-order valence-electron chi connectivity index (χ3n) is 6.65.